The molecule has 5 nitrogen and oxygen atoms in total. The molecule has 0 saturated heterocycles. The first kappa shape index (κ1) is 19.2. The molecule has 136 valence electrons. The lowest BCUT2D eigenvalue weighted by Crippen LogP contribution is -2.41. The van der Waals surface area contributed by atoms with Crippen molar-refractivity contribution in [2.75, 3.05) is 32.8 Å². The van der Waals surface area contributed by atoms with E-state index in [-0.39, 0.29) is 13.2 Å². The summed E-state index contributed by atoms with van der Waals surface area (Å²) in [6, 6.07) is 18.8. The summed E-state index contributed by atoms with van der Waals surface area (Å²) < 4.78 is 11.1. The molecule has 0 bridgehead atoms. The molecule has 25 heavy (non-hydrogen) atoms. The second kappa shape index (κ2) is 10.7. The summed E-state index contributed by atoms with van der Waals surface area (Å²) in [7, 11) is 0. The maximum atomic E-state index is 10.2. The Morgan fingerprint density at radius 1 is 0.760 bits per heavy atom. The van der Waals surface area contributed by atoms with Gasteiger partial charge >= 0.3 is 0 Å². The Morgan fingerprint density at radius 3 is 1.52 bits per heavy atom. The highest BCUT2D eigenvalue weighted by Gasteiger charge is 2.15. The van der Waals surface area contributed by atoms with Crippen LogP contribution in [0.15, 0.2) is 60.7 Å². The van der Waals surface area contributed by atoms with E-state index >= 15 is 0 Å². The molecule has 0 aliphatic heterocycles. The Balaban J connectivity index is 1.69. The molecule has 2 aromatic rings. The normalized spacial score (nSPS) is 13.4. The molecule has 2 atom stereocenters. The van der Waals surface area contributed by atoms with Gasteiger partial charge in [-0.2, -0.15) is 0 Å². The Hall–Kier alpha value is -2.08. The lowest BCUT2D eigenvalue weighted by Gasteiger charge is -2.26. The molecule has 0 amide bonds. The van der Waals surface area contributed by atoms with Crippen molar-refractivity contribution in [1.82, 2.24) is 4.90 Å². The molecule has 2 unspecified atom stereocenters. The minimum absolute atomic E-state index is 0.219. The molecule has 0 heterocycles. The zero-order valence-corrected chi connectivity index (χ0v) is 14.6. The minimum Gasteiger partial charge on any atom is -0.491 e. The number of benzene rings is 2. The van der Waals surface area contributed by atoms with Crippen LogP contribution in [0.3, 0.4) is 0 Å². The van der Waals surface area contributed by atoms with Crippen molar-refractivity contribution in [1.29, 1.82) is 0 Å². The summed E-state index contributed by atoms with van der Waals surface area (Å²) in [6.45, 7) is 4.03. The average molecular weight is 345 g/mol. The third-order valence-corrected chi connectivity index (χ3v) is 3.76. The van der Waals surface area contributed by atoms with E-state index in [4.69, 9.17) is 9.47 Å². The third kappa shape index (κ3) is 7.56. The summed E-state index contributed by atoms with van der Waals surface area (Å²) in [5.41, 5.74) is 0. The topological polar surface area (TPSA) is 62.2 Å². The van der Waals surface area contributed by atoms with Gasteiger partial charge in [-0.25, -0.2) is 0 Å². The SMILES string of the molecule is CCN(CC(O)COc1ccccc1)CC(O)COc1ccccc1. The van der Waals surface area contributed by atoms with Crippen LogP contribution in [0.25, 0.3) is 0 Å². The zero-order chi connectivity index (χ0) is 17.9. The Kier molecular flexibility index (Phi) is 8.25. The van der Waals surface area contributed by atoms with Crippen LogP contribution in [0.5, 0.6) is 11.5 Å². The van der Waals surface area contributed by atoms with Gasteiger partial charge in [-0.15, -0.1) is 0 Å². The van der Waals surface area contributed by atoms with E-state index in [0.29, 0.717) is 13.1 Å². The van der Waals surface area contributed by atoms with E-state index in [1.165, 1.54) is 0 Å². The smallest absolute Gasteiger partial charge is 0.119 e. The summed E-state index contributed by atoms with van der Waals surface area (Å²) in [4.78, 5) is 1.98. The molecular formula is C20H27NO4. The number of para-hydroxylation sites is 2. The maximum absolute atomic E-state index is 10.2. The molecule has 2 rings (SSSR count). The molecule has 0 aliphatic rings. The van der Waals surface area contributed by atoms with Crippen LogP contribution in [0.2, 0.25) is 0 Å². The molecule has 0 radical (unpaired) electrons. The van der Waals surface area contributed by atoms with Gasteiger partial charge in [0, 0.05) is 13.1 Å². The van der Waals surface area contributed by atoms with Gasteiger partial charge in [-0.1, -0.05) is 43.3 Å². The van der Waals surface area contributed by atoms with Gasteiger partial charge in [-0.3, -0.25) is 4.90 Å². The molecule has 5 heteroatoms. The predicted molar refractivity (Wildman–Crippen MR) is 98.0 cm³/mol. The summed E-state index contributed by atoms with van der Waals surface area (Å²) >= 11 is 0. The van der Waals surface area contributed by atoms with Crippen LogP contribution in [0, 0.1) is 0 Å². The fourth-order valence-corrected chi connectivity index (χ4v) is 2.45. The van der Waals surface area contributed by atoms with Crippen LogP contribution >= 0.6 is 0 Å². The number of ether oxygens (including phenoxy) is 2. The van der Waals surface area contributed by atoms with Crippen molar-refractivity contribution >= 4 is 0 Å². The number of nitrogens with zero attached hydrogens (tertiary/aromatic N) is 1. The van der Waals surface area contributed by atoms with Crippen molar-refractivity contribution in [3.63, 3.8) is 0 Å². The third-order valence-electron chi connectivity index (χ3n) is 3.76. The molecule has 0 spiro atoms. The number of hydrogen-bond donors (Lipinski definition) is 2. The van der Waals surface area contributed by atoms with Crippen molar-refractivity contribution in [3.05, 3.63) is 60.7 Å². The van der Waals surface area contributed by atoms with E-state index in [9.17, 15) is 10.2 Å². The zero-order valence-electron chi connectivity index (χ0n) is 14.6. The summed E-state index contributed by atoms with van der Waals surface area (Å²) in [5.74, 6) is 1.47. The molecule has 2 N–H and O–H groups in total. The van der Waals surface area contributed by atoms with E-state index in [2.05, 4.69) is 0 Å². The average Bonchev–Trinajstić information content (AvgIpc) is 2.66. The predicted octanol–water partition coefficient (Wildman–Crippen LogP) is 2.19. The van der Waals surface area contributed by atoms with E-state index in [1.54, 1.807) is 0 Å². The molecule has 2 aromatic carbocycles. The molecule has 0 fully saturated rings. The van der Waals surface area contributed by atoms with Crippen molar-refractivity contribution in [2.24, 2.45) is 0 Å². The van der Waals surface area contributed by atoms with E-state index in [1.807, 2.05) is 72.5 Å². The maximum Gasteiger partial charge on any atom is 0.119 e. The second-order valence-corrected chi connectivity index (χ2v) is 5.91. The first-order valence-corrected chi connectivity index (χ1v) is 8.61. The number of aliphatic hydroxyl groups excluding tert-OH is 2. The molecule has 0 aliphatic carbocycles. The first-order chi connectivity index (χ1) is 12.2. The standard InChI is InChI=1S/C20H27NO4/c1-2-21(13-17(22)15-24-19-9-5-3-6-10-19)14-18(23)16-25-20-11-7-4-8-12-20/h3-12,17-18,22-23H,2,13-16H2,1H3. The quantitative estimate of drug-likeness (QED) is 0.654. The van der Waals surface area contributed by atoms with Crippen LogP contribution in [-0.2, 0) is 0 Å². The van der Waals surface area contributed by atoms with Crippen molar-refractivity contribution < 1.29 is 19.7 Å². The fourth-order valence-electron chi connectivity index (χ4n) is 2.45. The second-order valence-electron chi connectivity index (χ2n) is 5.91. The van der Waals surface area contributed by atoms with Crippen LogP contribution in [-0.4, -0.2) is 60.2 Å². The van der Waals surface area contributed by atoms with Crippen LogP contribution < -0.4 is 9.47 Å². The Labute approximate surface area is 149 Å². The van der Waals surface area contributed by atoms with E-state index in [0.717, 1.165) is 18.0 Å². The lowest BCUT2D eigenvalue weighted by molar-refractivity contribution is 0.0334. The number of hydrogen-bond acceptors (Lipinski definition) is 5. The van der Waals surface area contributed by atoms with Gasteiger partial charge in [0.2, 0.25) is 0 Å². The largest absolute Gasteiger partial charge is 0.491 e. The summed E-state index contributed by atoms with van der Waals surface area (Å²) in [5, 5.41) is 20.3. The number of likely N-dealkylation sites (N-methyl/N-ethyl adjacent to an activating group) is 1. The highest BCUT2D eigenvalue weighted by molar-refractivity contribution is 5.21. The Morgan fingerprint density at radius 2 is 1.16 bits per heavy atom. The van der Waals surface area contributed by atoms with Gasteiger partial charge in [0.25, 0.3) is 0 Å². The van der Waals surface area contributed by atoms with Gasteiger partial charge in [-0.05, 0) is 30.8 Å². The first-order valence-electron chi connectivity index (χ1n) is 8.61. The number of rotatable bonds is 11. The fraction of sp³-hybridized carbons (Fsp3) is 0.400. The minimum atomic E-state index is -0.623. The van der Waals surface area contributed by atoms with Gasteiger partial charge in [0.15, 0.2) is 0 Å². The Bertz CT molecular complexity index is 527. The molecule has 0 aromatic heterocycles. The number of aliphatic hydroxyl groups is 2. The molecular weight excluding hydrogens is 318 g/mol. The van der Waals surface area contributed by atoms with E-state index < -0.39 is 12.2 Å². The highest BCUT2D eigenvalue weighted by atomic mass is 16.5. The highest BCUT2D eigenvalue weighted by Crippen LogP contribution is 2.10. The van der Waals surface area contributed by atoms with Gasteiger partial charge < -0.3 is 19.7 Å². The van der Waals surface area contributed by atoms with Gasteiger partial charge in [0.1, 0.15) is 36.9 Å². The molecule has 0 saturated carbocycles. The van der Waals surface area contributed by atoms with Crippen LogP contribution in [0.4, 0.5) is 0 Å². The lowest BCUT2D eigenvalue weighted by atomic mass is 10.2. The van der Waals surface area contributed by atoms with Crippen molar-refractivity contribution in [3.8, 4) is 11.5 Å². The summed E-state index contributed by atoms with van der Waals surface area (Å²) in [6.07, 6.45) is -1.25. The van der Waals surface area contributed by atoms with Gasteiger partial charge in [0.05, 0.1) is 0 Å². The van der Waals surface area contributed by atoms with Crippen LogP contribution in [0.1, 0.15) is 6.92 Å². The van der Waals surface area contributed by atoms with Crippen molar-refractivity contribution in [2.45, 2.75) is 19.1 Å². The monoisotopic (exact) mass is 345 g/mol.